The van der Waals surface area contributed by atoms with E-state index in [1.807, 2.05) is 6.92 Å². The van der Waals surface area contributed by atoms with Crippen molar-refractivity contribution < 1.29 is 14.1 Å². The van der Waals surface area contributed by atoms with E-state index in [0.29, 0.717) is 12.0 Å². The number of hydrogen-bond donors (Lipinski definition) is 0. The smallest absolute Gasteiger partial charge is 0.346 e. The first-order valence-corrected chi connectivity index (χ1v) is 4.53. The van der Waals surface area contributed by atoms with Crippen LogP contribution in [0.3, 0.4) is 0 Å². The molecule has 0 aliphatic rings. The Morgan fingerprint density at radius 1 is 1.60 bits per heavy atom. The van der Waals surface area contributed by atoms with E-state index in [4.69, 9.17) is 4.74 Å². The number of nitro benzene ring substituents is 1. The number of ether oxygens (including phenoxy) is 1. The molecule has 0 unspecified atom stereocenters. The Balaban J connectivity index is 3.51. The van der Waals surface area contributed by atoms with Gasteiger partial charge in [-0.25, -0.2) is 0 Å². The Kier molecular flexibility index (Phi) is 3.24. The van der Waals surface area contributed by atoms with Crippen molar-refractivity contribution in [2.24, 2.45) is 0 Å². The normalized spacial score (nSPS) is 10.1. The lowest BCUT2D eigenvalue weighted by Gasteiger charge is -2.08. The molecule has 0 spiro atoms. The molecule has 5 heteroatoms. The number of aryl methyl sites for hydroxylation is 1. The second-order valence-corrected chi connectivity index (χ2v) is 3.14. The molecule has 0 bridgehead atoms. The van der Waals surface area contributed by atoms with Crippen molar-refractivity contribution in [1.29, 1.82) is 0 Å². The molecule has 82 valence electrons. The molecule has 1 rings (SSSR count). The van der Waals surface area contributed by atoms with Crippen LogP contribution >= 0.6 is 0 Å². The van der Waals surface area contributed by atoms with Gasteiger partial charge in [0.25, 0.3) is 0 Å². The van der Waals surface area contributed by atoms with Gasteiger partial charge in [0.15, 0.2) is 5.75 Å². The molecule has 0 aromatic heterocycles. The Hall–Kier alpha value is -1.65. The standard InChI is InChI=1S/C10H12FNO3/c1-4-7-5-8(15-3)10(12(13)14)9(11)6(7)2/h5H,4H2,1-3H3. The summed E-state index contributed by atoms with van der Waals surface area (Å²) in [6, 6.07) is 1.51. The first kappa shape index (κ1) is 11.4. The highest BCUT2D eigenvalue weighted by Crippen LogP contribution is 2.34. The van der Waals surface area contributed by atoms with Crippen molar-refractivity contribution in [2.75, 3.05) is 7.11 Å². The molecule has 0 aliphatic heterocycles. The van der Waals surface area contributed by atoms with Crippen molar-refractivity contribution in [3.05, 3.63) is 33.1 Å². The maximum Gasteiger partial charge on any atom is 0.346 e. The summed E-state index contributed by atoms with van der Waals surface area (Å²) >= 11 is 0. The summed E-state index contributed by atoms with van der Waals surface area (Å²) in [5, 5.41) is 10.6. The van der Waals surface area contributed by atoms with E-state index < -0.39 is 16.4 Å². The zero-order valence-corrected chi connectivity index (χ0v) is 8.83. The lowest BCUT2D eigenvalue weighted by atomic mass is 10.0. The number of halogens is 1. The fourth-order valence-corrected chi connectivity index (χ4v) is 1.45. The summed E-state index contributed by atoms with van der Waals surface area (Å²) in [7, 11) is 1.29. The van der Waals surface area contributed by atoms with Gasteiger partial charge in [0.05, 0.1) is 12.0 Å². The number of methoxy groups -OCH3 is 1. The summed E-state index contributed by atoms with van der Waals surface area (Å²) in [6.45, 7) is 3.38. The molecule has 1 aromatic rings. The summed E-state index contributed by atoms with van der Waals surface area (Å²) in [4.78, 5) is 9.88. The van der Waals surface area contributed by atoms with Crippen LogP contribution in [0.15, 0.2) is 6.07 Å². The van der Waals surface area contributed by atoms with Crippen molar-refractivity contribution in [3.63, 3.8) is 0 Å². The second-order valence-electron chi connectivity index (χ2n) is 3.14. The lowest BCUT2D eigenvalue weighted by molar-refractivity contribution is -0.388. The summed E-state index contributed by atoms with van der Waals surface area (Å²) < 4.78 is 18.4. The molecule has 0 aliphatic carbocycles. The minimum atomic E-state index is -0.809. The van der Waals surface area contributed by atoms with Gasteiger partial charge in [-0.05, 0) is 30.5 Å². The fraction of sp³-hybridized carbons (Fsp3) is 0.400. The Morgan fingerprint density at radius 3 is 2.60 bits per heavy atom. The van der Waals surface area contributed by atoms with Crippen molar-refractivity contribution in [3.8, 4) is 5.75 Å². The zero-order valence-electron chi connectivity index (χ0n) is 8.83. The number of benzene rings is 1. The van der Waals surface area contributed by atoms with Gasteiger partial charge in [-0.15, -0.1) is 0 Å². The third-order valence-electron chi connectivity index (χ3n) is 2.34. The molecule has 0 radical (unpaired) electrons. The minimum Gasteiger partial charge on any atom is -0.490 e. The second kappa shape index (κ2) is 4.25. The van der Waals surface area contributed by atoms with E-state index in [1.165, 1.54) is 20.1 Å². The van der Waals surface area contributed by atoms with Crippen molar-refractivity contribution in [2.45, 2.75) is 20.3 Å². The van der Waals surface area contributed by atoms with E-state index >= 15 is 0 Å². The van der Waals surface area contributed by atoms with Crippen LogP contribution < -0.4 is 4.74 Å². The van der Waals surface area contributed by atoms with E-state index in [-0.39, 0.29) is 5.75 Å². The molecule has 15 heavy (non-hydrogen) atoms. The van der Waals surface area contributed by atoms with Gasteiger partial charge >= 0.3 is 5.69 Å². The molecule has 0 N–H and O–H groups in total. The Morgan fingerprint density at radius 2 is 2.20 bits per heavy atom. The SMILES string of the molecule is CCc1cc(OC)c([N+](=O)[O-])c(F)c1C. The van der Waals surface area contributed by atoms with E-state index in [2.05, 4.69) is 0 Å². The van der Waals surface area contributed by atoms with Crippen LogP contribution in [0.5, 0.6) is 5.75 Å². The summed E-state index contributed by atoms with van der Waals surface area (Å²) in [5.41, 5.74) is 0.437. The highest BCUT2D eigenvalue weighted by atomic mass is 19.1. The van der Waals surface area contributed by atoms with Crippen LogP contribution in [0.25, 0.3) is 0 Å². The Bertz CT molecular complexity index is 404. The molecule has 0 fully saturated rings. The predicted molar refractivity (Wildman–Crippen MR) is 53.7 cm³/mol. The first-order valence-electron chi connectivity index (χ1n) is 4.53. The monoisotopic (exact) mass is 213 g/mol. The molecule has 0 heterocycles. The molecule has 0 atom stereocenters. The summed E-state index contributed by atoms with van der Waals surface area (Å²) in [6.07, 6.45) is 0.608. The molecule has 1 aromatic carbocycles. The quantitative estimate of drug-likeness (QED) is 0.572. The van der Waals surface area contributed by atoms with E-state index in [0.717, 1.165) is 5.56 Å². The third-order valence-corrected chi connectivity index (χ3v) is 2.34. The molecular weight excluding hydrogens is 201 g/mol. The maximum atomic E-state index is 13.6. The average molecular weight is 213 g/mol. The van der Waals surface area contributed by atoms with E-state index in [9.17, 15) is 14.5 Å². The van der Waals surface area contributed by atoms with Crippen molar-refractivity contribution >= 4 is 5.69 Å². The van der Waals surface area contributed by atoms with Gasteiger partial charge in [0, 0.05) is 0 Å². The van der Waals surface area contributed by atoms with Gasteiger partial charge in [-0.1, -0.05) is 6.92 Å². The maximum absolute atomic E-state index is 13.6. The molecule has 0 saturated heterocycles. The molecule has 0 saturated carbocycles. The molecule has 0 amide bonds. The number of nitrogens with zero attached hydrogens (tertiary/aromatic N) is 1. The van der Waals surface area contributed by atoms with Crippen LogP contribution in [0, 0.1) is 22.9 Å². The van der Waals surface area contributed by atoms with E-state index in [1.54, 1.807) is 0 Å². The molecular formula is C10H12FNO3. The summed E-state index contributed by atoms with van der Waals surface area (Å²) in [5.74, 6) is -0.837. The first-order chi connectivity index (χ1) is 7.02. The number of nitro groups is 1. The zero-order chi connectivity index (χ0) is 11.6. The average Bonchev–Trinajstić information content (AvgIpc) is 2.20. The third kappa shape index (κ3) is 1.91. The van der Waals surface area contributed by atoms with Crippen LogP contribution in [0.2, 0.25) is 0 Å². The largest absolute Gasteiger partial charge is 0.490 e. The minimum absolute atomic E-state index is 0.0278. The van der Waals surface area contributed by atoms with Gasteiger partial charge < -0.3 is 4.74 Å². The van der Waals surface area contributed by atoms with Gasteiger partial charge in [-0.2, -0.15) is 4.39 Å². The topological polar surface area (TPSA) is 52.4 Å². The van der Waals surface area contributed by atoms with Crippen LogP contribution in [0.4, 0.5) is 10.1 Å². The highest BCUT2D eigenvalue weighted by Gasteiger charge is 2.25. The van der Waals surface area contributed by atoms with Crippen LogP contribution in [-0.2, 0) is 6.42 Å². The Labute approximate surface area is 86.8 Å². The highest BCUT2D eigenvalue weighted by molar-refractivity contribution is 5.53. The van der Waals surface area contributed by atoms with Gasteiger partial charge in [-0.3, -0.25) is 10.1 Å². The molecule has 4 nitrogen and oxygen atoms in total. The predicted octanol–water partition coefficient (Wildman–Crippen LogP) is 2.61. The number of hydrogen-bond acceptors (Lipinski definition) is 3. The van der Waals surface area contributed by atoms with Crippen LogP contribution in [-0.4, -0.2) is 12.0 Å². The van der Waals surface area contributed by atoms with Gasteiger partial charge in [0.1, 0.15) is 0 Å². The number of rotatable bonds is 3. The van der Waals surface area contributed by atoms with Crippen molar-refractivity contribution in [1.82, 2.24) is 0 Å². The lowest BCUT2D eigenvalue weighted by Crippen LogP contribution is -2.02. The fourth-order valence-electron chi connectivity index (χ4n) is 1.45. The van der Waals surface area contributed by atoms with Gasteiger partial charge in [0.2, 0.25) is 5.82 Å². The van der Waals surface area contributed by atoms with Crippen LogP contribution in [0.1, 0.15) is 18.1 Å².